The van der Waals surface area contributed by atoms with Crippen molar-refractivity contribution in [1.82, 2.24) is 5.32 Å². The van der Waals surface area contributed by atoms with E-state index in [4.69, 9.17) is 4.74 Å². The summed E-state index contributed by atoms with van der Waals surface area (Å²) in [5.41, 5.74) is 1.04. The number of rotatable bonds is 5. The van der Waals surface area contributed by atoms with Crippen molar-refractivity contribution in [3.8, 4) is 11.5 Å². The highest BCUT2D eigenvalue weighted by Crippen LogP contribution is 2.39. The molecule has 1 saturated carbocycles. The van der Waals surface area contributed by atoms with Crippen LogP contribution in [-0.4, -0.2) is 17.8 Å². The van der Waals surface area contributed by atoms with Crippen molar-refractivity contribution >= 4 is 0 Å². The summed E-state index contributed by atoms with van der Waals surface area (Å²) >= 11 is 0. The van der Waals surface area contributed by atoms with E-state index in [0.29, 0.717) is 12.3 Å². The Balaban J connectivity index is 2.03. The maximum absolute atomic E-state index is 9.97. The van der Waals surface area contributed by atoms with Crippen molar-refractivity contribution in [2.45, 2.75) is 38.8 Å². The van der Waals surface area contributed by atoms with Crippen molar-refractivity contribution in [3.05, 3.63) is 23.8 Å². The minimum Gasteiger partial charge on any atom is -0.504 e. The molecule has 1 fully saturated rings. The zero-order valence-electron chi connectivity index (χ0n) is 10.8. The van der Waals surface area contributed by atoms with Crippen LogP contribution in [0.4, 0.5) is 0 Å². The van der Waals surface area contributed by atoms with Crippen molar-refractivity contribution in [3.63, 3.8) is 0 Å². The Morgan fingerprint density at radius 2 is 2.12 bits per heavy atom. The van der Waals surface area contributed by atoms with Gasteiger partial charge >= 0.3 is 0 Å². The second kappa shape index (κ2) is 4.57. The summed E-state index contributed by atoms with van der Waals surface area (Å²) in [6.45, 7) is 5.12. The van der Waals surface area contributed by atoms with E-state index in [-0.39, 0.29) is 11.3 Å². The highest BCUT2D eigenvalue weighted by atomic mass is 16.5. The largest absolute Gasteiger partial charge is 0.504 e. The number of ether oxygens (including phenoxy) is 1. The van der Waals surface area contributed by atoms with Crippen LogP contribution in [0.25, 0.3) is 0 Å². The predicted octanol–water partition coefficient (Wildman–Crippen LogP) is 2.68. The van der Waals surface area contributed by atoms with Crippen molar-refractivity contribution in [2.75, 3.05) is 7.11 Å². The number of hydrogen-bond acceptors (Lipinski definition) is 3. The van der Waals surface area contributed by atoms with Crippen molar-refractivity contribution in [1.29, 1.82) is 0 Å². The summed E-state index contributed by atoms with van der Waals surface area (Å²) in [6, 6.07) is 5.60. The molecule has 0 radical (unpaired) electrons. The third-order valence-electron chi connectivity index (χ3n) is 3.63. The summed E-state index contributed by atoms with van der Waals surface area (Å²) in [6.07, 6.45) is 2.62. The van der Waals surface area contributed by atoms with Crippen LogP contribution in [0, 0.1) is 5.92 Å². The Morgan fingerprint density at radius 1 is 1.41 bits per heavy atom. The van der Waals surface area contributed by atoms with E-state index in [9.17, 15) is 5.11 Å². The lowest BCUT2D eigenvalue weighted by Gasteiger charge is -2.26. The van der Waals surface area contributed by atoms with Crippen LogP contribution in [0.15, 0.2) is 18.2 Å². The van der Waals surface area contributed by atoms with Gasteiger partial charge in [0.1, 0.15) is 0 Å². The predicted molar refractivity (Wildman–Crippen MR) is 68.3 cm³/mol. The molecule has 1 aromatic rings. The van der Waals surface area contributed by atoms with Gasteiger partial charge < -0.3 is 15.2 Å². The normalized spacial score (nSPS) is 15.9. The lowest BCUT2D eigenvalue weighted by Crippen LogP contribution is -2.40. The van der Waals surface area contributed by atoms with E-state index < -0.39 is 0 Å². The number of benzene rings is 1. The lowest BCUT2D eigenvalue weighted by molar-refractivity contribution is 0.332. The molecular formula is C14H21NO2. The zero-order valence-corrected chi connectivity index (χ0v) is 10.8. The second-order valence-corrected chi connectivity index (χ2v) is 5.32. The van der Waals surface area contributed by atoms with E-state index in [1.54, 1.807) is 13.2 Å². The molecule has 94 valence electrons. The Morgan fingerprint density at radius 3 is 2.71 bits per heavy atom. The van der Waals surface area contributed by atoms with Crippen LogP contribution in [0.3, 0.4) is 0 Å². The number of para-hydroxylation sites is 1. The molecular weight excluding hydrogens is 214 g/mol. The molecule has 17 heavy (non-hydrogen) atoms. The van der Waals surface area contributed by atoms with Crippen LogP contribution >= 0.6 is 0 Å². The molecule has 0 saturated heterocycles. The van der Waals surface area contributed by atoms with E-state index in [1.807, 2.05) is 12.1 Å². The molecule has 0 aromatic heterocycles. The molecule has 0 amide bonds. The molecule has 0 heterocycles. The fourth-order valence-electron chi connectivity index (χ4n) is 2.15. The number of nitrogens with one attached hydrogen (secondary N) is 1. The van der Waals surface area contributed by atoms with Gasteiger partial charge in [0.05, 0.1) is 7.11 Å². The average Bonchev–Trinajstić information content (AvgIpc) is 3.12. The average molecular weight is 235 g/mol. The number of hydrogen-bond donors (Lipinski definition) is 2. The van der Waals surface area contributed by atoms with E-state index in [0.717, 1.165) is 11.5 Å². The van der Waals surface area contributed by atoms with Gasteiger partial charge in [-0.3, -0.25) is 0 Å². The Labute approximate surface area is 103 Å². The summed E-state index contributed by atoms with van der Waals surface area (Å²) in [4.78, 5) is 0. The zero-order chi connectivity index (χ0) is 12.5. The first-order valence-electron chi connectivity index (χ1n) is 6.14. The highest BCUT2D eigenvalue weighted by molar-refractivity contribution is 5.45. The molecule has 1 aliphatic carbocycles. The first-order valence-corrected chi connectivity index (χ1v) is 6.14. The topological polar surface area (TPSA) is 41.5 Å². The van der Waals surface area contributed by atoms with Gasteiger partial charge in [-0.05, 0) is 38.7 Å². The molecule has 3 nitrogen and oxygen atoms in total. The van der Waals surface area contributed by atoms with Gasteiger partial charge in [0.25, 0.3) is 0 Å². The molecule has 0 bridgehead atoms. The Bertz CT molecular complexity index is 397. The third kappa shape index (κ3) is 2.72. The van der Waals surface area contributed by atoms with Gasteiger partial charge in [-0.15, -0.1) is 0 Å². The summed E-state index contributed by atoms with van der Waals surface area (Å²) in [5, 5.41) is 13.5. The molecule has 0 spiro atoms. The quantitative estimate of drug-likeness (QED) is 0.824. The van der Waals surface area contributed by atoms with Gasteiger partial charge in [-0.25, -0.2) is 0 Å². The maximum Gasteiger partial charge on any atom is 0.162 e. The number of phenols is 1. The first kappa shape index (κ1) is 12.2. The molecule has 0 aliphatic heterocycles. The third-order valence-corrected chi connectivity index (χ3v) is 3.63. The number of aromatic hydroxyl groups is 1. The van der Waals surface area contributed by atoms with Crippen LogP contribution < -0.4 is 10.1 Å². The van der Waals surface area contributed by atoms with Crippen LogP contribution in [0.5, 0.6) is 11.5 Å². The summed E-state index contributed by atoms with van der Waals surface area (Å²) < 4.78 is 5.10. The van der Waals surface area contributed by atoms with Crippen molar-refractivity contribution < 1.29 is 9.84 Å². The molecule has 0 atom stereocenters. The van der Waals surface area contributed by atoms with E-state index in [1.165, 1.54) is 12.8 Å². The van der Waals surface area contributed by atoms with Crippen molar-refractivity contribution in [2.24, 2.45) is 5.92 Å². The molecule has 3 heteroatoms. The second-order valence-electron chi connectivity index (χ2n) is 5.32. The van der Waals surface area contributed by atoms with Gasteiger partial charge in [-0.1, -0.05) is 12.1 Å². The summed E-state index contributed by atoms with van der Waals surface area (Å²) in [7, 11) is 1.57. The number of methoxy groups -OCH3 is 1. The SMILES string of the molecule is COc1cccc(CNC(C)(C)C2CC2)c1O. The fourth-order valence-corrected chi connectivity index (χ4v) is 2.15. The molecule has 2 rings (SSSR count). The van der Waals surface area contributed by atoms with Crippen LogP contribution in [-0.2, 0) is 6.54 Å². The first-order chi connectivity index (χ1) is 8.04. The van der Waals surface area contributed by atoms with Gasteiger partial charge in [0, 0.05) is 17.6 Å². The van der Waals surface area contributed by atoms with Gasteiger partial charge in [0.2, 0.25) is 0 Å². The molecule has 1 aliphatic rings. The Hall–Kier alpha value is -1.22. The van der Waals surface area contributed by atoms with Gasteiger partial charge in [-0.2, -0.15) is 0 Å². The van der Waals surface area contributed by atoms with E-state index in [2.05, 4.69) is 19.2 Å². The smallest absolute Gasteiger partial charge is 0.162 e. The fraction of sp³-hybridized carbons (Fsp3) is 0.571. The Kier molecular flexibility index (Phi) is 3.29. The van der Waals surface area contributed by atoms with Gasteiger partial charge in [0.15, 0.2) is 11.5 Å². The maximum atomic E-state index is 9.97. The lowest BCUT2D eigenvalue weighted by atomic mass is 9.98. The summed E-state index contributed by atoms with van der Waals surface area (Å²) in [5.74, 6) is 1.55. The minimum atomic E-state index is 0.148. The van der Waals surface area contributed by atoms with Crippen LogP contribution in [0.2, 0.25) is 0 Å². The molecule has 0 unspecified atom stereocenters. The number of phenolic OH excluding ortho intramolecular Hbond substituents is 1. The molecule has 1 aromatic carbocycles. The molecule has 2 N–H and O–H groups in total. The standard InChI is InChI=1S/C14H21NO2/c1-14(2,11-7-8-11)15-9-10-5-4-6-12(17-3)13(10)16/h4-6,11,15-16H,7-9H2,1-3H3. The van der Waals surface area contributed by atoms with E-state index >= 15 is 0 Å². The highest BCUT2D eigenvalue weighted by Gasteiger charge is 2.37. The minimum absolute atomic E-state index is 0.148. The monoisotopic (exact) mass is 235 g/mol. The van der Waals surface area contributed by atoms with Crippen LogP contribution in [0.1, 0.15) is 32.3 Å².